The third-order valence-electron chi connectivity index (χ3n) is 9.19. The van der Waals surface area contributed by atoms with Crippen LogP contribution in [0.2, 0.25) is 0 Å². The minimum atomic E-state index is -4.83. The summed E-state index contributed by atoms with van der Waals surface area (Å²) < 4.78 is 57.5. The summed E-state index contributed by atoms with van der Waals surface area (Å²) in [6.07, 6.45) is 0.789. The number of hydrogen-bond acceptors (Lipinski definition) is 7. The van der Waals surface area contributed by atoms with Crippen LogP contribution in [0.3, 0.4) is 0 Å². The van der Waals surface area contributed by atoms with Crippen molar-refractivity contribution < 1.29 is 37.1 Å². The standard InChI is InChI=1S/C34H35F3N4O5/c1-19(2)41-29(33(42)43)17-28(38-41)20-9-11-22(12-10-20)40-23-13-14-24(40)16-25(15-23)44-18-27-31(39-46-32(27)21-7-8-21)26-5-3-4-6-30(26)45-34(35,36)37/h3-6,9-12,17,19,21,23-25H,7-8,13-16,18H2,1-2H3,(H,42,43)/t23-,24+,25+. The third-order valence-corrected chi connectivity index (χ3v) is 9.19. The summed E-state index contributed by atoms with van der Waals surface area (Å²) in [5.74, 6) is -0.438. The second-order valence-corrected chi connectivity index (χ2v) is 12.7. The Hall–Kier alpha value is -4.32. The molecule has 2 aliphatic heterocycles. The monoisotopic (exact) mass is 636 g/mol. The highest BCUT2D eigenvalue weighted by atomic mass is 19.4. The minimum absolute atomic E-state index is 0.0149. The predicted molar refractivity (Wildman–Crippen MR) is 163 cm³/mol. The first-order valence-corrected chi connectivity index (χ1v) is 15.7. The largest absolute Gasteiger partial charge is 0.573 e. The Morgan fingerprint density at radius 2 is 1.74 bits per heavy atom. The van der Waals surface area contributed by atoms with Gasteiger partial charge in [0.25, 0.3) is 0 Å². The van der Waals surface area contributed by atoms with Crippen molar-refractivity contribution >= 4 is 11.7 Å². The maximum absolute atomic E-state index is 13.2. The van der Waals surface area contributed by atoms with E-state index in [0.717, 1.165) is 49.8 Å². The van der Waals surface area contributed by atoms with E-state index < -0.39 is 12.3 Å². The van der Waals surface area contributed by atoms with Crippen LogP contribution in [0, 0.1) is 0 Å². The summed E-state index contributed by atoms with van der Waals surface area (Å²) in [6, 6.07) is 16.2. The van der Waals surface area contributed by atoms with E-state index in [-0.39, 0.29) is 41.7 Å². The fraction of sp³-hybridized carbons (Fsp3) is 0.441. The van der Waals surface area contributed by atoms with Gasteiger partial charge in [-0.2, -0.15) is 5.10 Å². The molecule has 4 heterocycles. The highest BCUT2D eigenvalue weighted by Crippen LogP contribution is 2.46. The number of carboxylic acids is 1. The number of alkyl halides is 3. The van der Waals surface area contributed by atoms with Gasteiger partial charge in [-0.25, -0.2) is 4.79 Å². The molecule has 3 aliphatic rings. The van der Waals surface area contributed by atoms with E-state index in [9.17, 15) is 23.1 Å². The lowest BCUT2D eigenvalue weighted by Gasteiger charge is -2.40. The van der Waals surface area contributed by atoms with Gasteiger partial charge in [0.2, 0.25) is 0 Å². The molecule has 242 valence electrons. The fourth-order valence-corrected chi connectivity index (χ4v) is 6.99. The van der Waals surface area contributed by atoms with E-state index in [1.807, 2.05) is 26.0 Å². The summed E-state index contributed by atoms with van der Waals surface area (Å²) in [6.45, 7) is 4.00. The maximum Gasteiger partial charge on any atom is 0.573 e. The highest BCUT2D eigenvalue weighted by Gasteiger charge is 2.42. The molecule has 2 aromatic heterocycles. The first-order valence-electron chi connectivity index (χ1n) is 15.7. The smallest absolute Gasteiger partial charge is 0.477 e. The number of halogens is 3. The molecule has 12 heteroatoms. The van der Waals surface area contributed by atoms with Crippen molar-refractivity contribution in [1.82, 2.24) is 14.9 Å². The SMILES string of the molecule is CC(C)n1nc(-c2ccc(N3[C@@H]4CC[C@H]3C[C@@H](OCc3c(-c5ccccc5OC(F)(F)F)noc3C3CC3)C4)cc2)cc1C(=O)O. The number of piperidine rings is 1. The Morgan fingerprint density at radius 3 is 2.35 bits per heavy atom. The number of benzene rings is 2. The first kappa shape index (κ1) is 30.3. The first-order chi connectivity index (χ1) is 22.1. The predicted octanol–water partition coefficient (Wildman–Crippen LogP) is 7.98. The van der Waals surface area contributed by atoms with Crippen molar-refractivity contribution in [3.63, 3.8) is 0 Å². The molecule has 9 nitrogen and oxygen atoms in total. The molecule has 3 fully saturated rings. The van der Waals surface area contributed by atoms with Crippen LogP contribution in [0.1, 0.15) is 86.1 Å². The normalized spacial score (nSPS) is 21.3. The summed E-state index contributed by atoms with van der Waals surface area (Å²) in [4.78, 5) is 14.2. The molecule has 0 spiro atoms. The molecule has 1 aliphatic carbocycles. The Morgan fingerprint density at radius 1 is 1.04 bits per heavy atom. The molecular weight excluding hydrogens is 601 g/mol. The van der Waals surface area contributed by atoms with Crippen LogP contribution in [0.25, 0.3) is 22.5 Å². The summed E-state index contributed by atoms with van der Waals surface area (Å²) >= 11 is 0. The molecule has 46 heavy (non-hydrogen) atoms. The van der Waals surface area contributed by atoms with E-state index in [0.29, 0.717) is 34.8 Å². The van der Waals surface area contributed by atoms with Crippen molar-refractivity contribution in [2.75, 3.05) is 4.90 Å². The van der Waals surface area contributed by atoms with E-state index in [4.69, 9.17) is 9.26 Å². The Kier molecular flexibility index (Phi) is 7.78. The number of carboxylic acid groups (broad SMARTS) is 1. The molecule has 2 saturated heterocycles. The molecule has 1 saturated carbocycles. The number of anilines is 1. The fourth-order valence-electron chi connectivity index (χ4n) is 6.99. The molecule has 0 unspecified atom stereocenters. The Bertz CT molecular complexity index is 1710. The second-order valence-electron chi connectivity index (χ2n) is 12.7. The van der Waals surface area contributed by atoms with E-state index in [1.54, 1.807) is 18.2 Å². The van der Waals surface area contributed by atoms with Crippen LogP contribution >= 0.6 is 0 Å². The van der Waals surface area contributed by atoms with Crippen LogP contribution in [0.15, 0.2) is 59.1 Å². The van der Waals surface area contributed by atoms with Gasteiger partial charge in [-0.15, -0.1) is 13.2 Å². The number of nitrogens with zero attached hydrogens (tertiary/aromatic N) is 4. The van der Waals surface area contributed by atoms with Crippen LogP contribution in [0.4, 0.5) is 18.9 Å². The zero-order valence-electron chi connectivity index (χ0n) is 25.5. The van der Waals surface area contributed by atoms with Gasteiger partial charge >= 0.3 is 12.3 Å². The topological polar surface area (TPSA) is 103 Å². The molecule has 4 aromatic rings. The van der Waals surface area contributed by atoms with Gasteiger partial charge in [0.15, 0.2) is 0 Å². The van der Waals surface area contributed by atoms with Crippen LogP contribution < -0.4 is 9.64 Å². The van der Waals surface area contributed by atoms with Crippen LogP contribution in [-0.4, -0.2) is 50.6 Å². The average Bonchev–Trinajstić information content (AvgIpc) is 3.50. The number of fused-ring (bicyclic) bond motifs is 2. The summed E-state index contributed by atoms with van der Waals surface area (Å²) in [7, 11) is 0. The average molecular weight is 637 g/mol. The molecule has 2 bridgehead atoms. The number of para-hydroxylation sites is 1. The Labute approximate surface area is 263 Å². The zero-order valence-corrected chi connectivity index (χ0v) is 25.5. The summed E-state index contributed by atoms with van der Waals surface area (Å²) in [5, 5.41) is 18.3. The van der Waals surface area contributed by atoms with Crippen molar-refractivity contribution in [2.24, 2.45) is 0 Å². The molecule has 3 atom stereocenters. The van der Waals surface area contributed by atoms with Crippen LogP contribution in [0.5, 0.6) is 5.75 Å². The van der Waals surface area contributed by atoms with Gasteiger partial charge in [-0.1, -0.05) is 29.4 Å². The molecular formula is C34H35F3N4O5. The lowest BCUT2D eigenvalue weighted by Crippen LogP contribution is -2.45. The maximum atomic E-state index is 13.2. The van der Waals surface area contributed by atoms with Crippen molar-refractivity contribution in [3.05, 3.63) is 71.6 Å². The van der Waals surface area contributed by atoms with Crippen LogP contribution in [-0.2, 0) is 11.3 Å². The lowest BCUT2D eigenvalue weighted by molar-refractivity contribution is -0.274. The van der Waals surface area contributed by atoms with Crippen molar-refractivity contribution in [1.29, 1.82) is 0 Å². The molecule has 7 rings (SSSR count). The van der Waals surface area contributed by atoms with E-state index in [2.05, 4.69) is 32.0 Å². The van der Waals surface area contributed by atoms with Gasteiger partial charge in [0.05, 0.1) is 18.4 Å². The van der Waals surface area contributed by atoms with E-state index >= 15 is 0 Å². The van der Waals surface area contributed by atoms with Gasteiger partial charge in [-0.3, -0.25) is 4.68 Å². The number of carbonyl (C=O) groups is 1. The van der Waals surface area contributed by atoms with Crippen molar-refractivity contribution in [3.8, 4) is 28.3 Å². The third kappa shape index (κ3) is 5.97. The highest BCUT2D eigenvalue weighted by molar-refractivity contribution is 5.87. The van der Waals surface area contributed by atoms with E-state index in [1.165, 1.54) is 16.8 Å². The van der Waals surface area contributed by atoms with Gasteiger partial charge in [-0.05, 0) is 82.7 Å². The molecule has 0 radical (unpaired) electrons. The van der Waals surface area contributed by atoms with Crippen molar-refractivity contribution in [2.45, 2.75) is 95.5 Å². The Balaban J connectivity index is 1.05. The second kappa shape index (κ2) is 11.8. The van der Waals surface area contributed by atoms with Gasteiger partial charge < -0.3 is 24.0 Å². The molecule has 1 N–H and O–H groups in total. The minimum Gasteiger partial charge on any atom is -0.477 e. The number of hydrogen-bond donors (Lipinski definition) is 1. The zero-order chi connectivity index (χ0) is 32.2. The number of ether oxygens (including phenoxy) is 2. The number of aromatic nitrogens is 3. The number of aromatic carboxylic acids is 1. The molecule has 0 amide bonds. The molecule has 2 aromatic carbocycles. The van der Waals surface area contributed by atoms with Gasteiger partial charge in [0, 0.05) is 46.4 Å². The van der Waals surface area contributed by atoms with Gasteiger partial charge in [0.1, 0.15) is 22.9 Å². The quantitative estimate of drug-likeness (QED) is 0.187. The number of rotatable bonds is 10. The summed E-state index contributed by atoms with van der Waals surface area (Å²) in [5.41, 5.74) is 4.00. The lowest BCUT2D eigenvalue weighted by atomic mass is 9.98.